The summed E-state index contributed by atoms with van der Waals surface area (Å²) in [6, 6.07) is 0. The predicted molar refractivity (Wildman–Crippen MR) is 78.1 cm³/mol. The number of carbonyl (C=O) groups excluding carboxylic acids is 1. The van der Waals surface area contributed by atoms with Gasteiger partial charge in [0.15, 0.2) is 0 Å². The molecule has 1 aliphatic rings. The van der Waals surface area contributed by atoms with Crippen LogP contribution >= 0.6 is 11.3 Å². The summed E-state index contributed by atoms with van der Waals surface area (Å²) in [6.07, 6.45) is 0. The average molecular weight is 299 g/mol. The van der Waals surface area contributed by atoms with E-state index in [2.05, 4.69) is 20.4 Å². The largest absolute Gasteiger partial charge is 0.389 e. The van der Waals surface area contributed by atoms with Gasteiger partial charge in [-0.25, -0.2) is 0 Å². The minimum atomic E-state index is -0.701. The average Bonchev–Trinajstić information content (AvgIpc) is 2.85. The number of β-amino-alcohol motifs (C(OH)–C–C–N with tert-alkyl or cyclic N) is 1. The molecule has 2 rings (SSSR count). The van der Waals surface area contributed by atoms with Gasteiger partial charge in [0, 0.05) is 39.8 Å². The van der Waals surface area contributed by atoms with Gasteiger partial charge < -0.3 is 15.3 Å². The fourth-order valence-corrected chi connectivity index (χ4v) is 2.87. The summed E-state index contributed by atoms with van der Waals surface area (Å²) in [5.74, 6) is -0.0630. The number of hydrogen-bond donors (Lipinski definition) is 2. The van der Waals surface area contributed by atoms with E-state index in [4.69, 9.17) is 0 Å². The molecule has 1 saturated heterocycles. The fraction of sp³-hybridized carbons (Fsp3) is 0.750. The van der Waals surface area contributed by atoms with Crippen molar-refractivity contribution in [1.82, 2.24) is 20.0 Å². The van der Waals surface area contributed by atoms with Crippen LogP contribution in [0.3, 0.4) is 0 Å². The molecular weight excluding hydrogens is 278 g/mol. The van der Waals surface area contributed by atoms with Gasteiger partial charge in [0.1, 0.15) is 0 Å². The summed E-state index contributed by atoms with van der Waals surface area (Å²) in [6.45, 7) is 7.07. The molecule has 2 heterocycles. The van der Waals surface area contributed by atoms with Crippen molar-refractivity contribution in [2.45, 2.75) is 19.4 Å². The molecule has 7 nitrogen and oxygen atoms in total. The Hall–Kier alpha value is -1.25. The Balaban J connectivity index is 1.88. The van der Waals surface area contributed by atoms with E-state index in [1.165, 1.54) is 11.3 Å². The molecule has 1 amide bonds. The number of hydrogen-bond acceptors (Lipinski definition) is 7. The highest BCUT2D eigenvalue weighted by Crippen LogP contribution is 2.17. The summed E-state index contributed by atoms with van der Waals surface area (Å²) < 4.78 is 0. The van der Waals surface area contributed by atoms with E-state index in [9.17, 15) is 9.90 Å². The van der Waals surface area contributed by atoms with Gasteiger partial charge in [-0.15, -0.1) is 10.2 Å². The normalized spacial score (nSPS) is 17.3. The summed E-state index contributed by atoms with van der Waals surface area (Å²) in [5.41, 5.74) is -0.701. The topological polar surface area (TPSA) is 81.6 Å². The summed E-state index contributed by atoms with van der Waals surface area (Å²) >= 11 is 1.27. The Kier molecular flexibility index (Phi) is 4.56. The SMILES string of the molecule is CNc1nnc(C(=O)N2CCN(CC(C)(C)O)CC2)s1. The first-order chi connectivity index (χ1) is 9.39. The summed E-state index contributed by atoms with van der Waals surface area (Å²) in [7, 11) is 1.75. The Labute approximate surface area is 122 Å². The van der Waals surface area contributed by atoms with Crippen molar-refractivity contribution in [3.63, 3.8) is 0 Å². The number of carbonyl (C=O) groups is 1. The van der Waals surface area contributed by atoms with E-state index in [0.717, 1.165) is 13.1 Å². The molecule has 1 aromatic heterocycles. The lowest BCUT2D eigenvalue weighted by Gasteiger charge is -2.36. The first kappa shape index (κ1) is 15.1. The second-order valence-corrected chi connectivity index (χ2v) is 6.52. The maximum absolute atomic E-state index is 12.3. The zero-order valence-corrected chi connectivity index (χ0v) is 12.9. The lowest BCUT2D eigenvalue weighted by molar-refractivity contribution is 0.0178. The number of anilines is 1. The molecule has 1 aromatic rings. The molecule has 2 N–H and O–H groups in total. The van der Waals surface area contributed by atoms with Gasteiger partial charge in [0.25, 0.3) is 5.91 Å². The van der Waals surface area contributed by atoms with Crippen LogP contribution in [-0.2, 0) is 0 Å². The molecule has 8 heteroatoms. The molecule has 0 unspecified atom stereocenters. The molecule has 20 heavy (non-hydrogen) atoms. The second-order valence-electron chi connectivity index (χ2n) is 5.54. The van der Waals surface area contributed by atoms with Crippen molar-refractivity contribution >= 4 is 22.4 Å². The Bertz CT molecular complexity index is 463. The molecule has 1 fully saturated rings. The van der Waals surface area contributed by atoms with Gasteiger partial charge in [-0.05, 0) is 13.8 Å². The number of rotatable bonds is 4. The molecule has 0 atom stereocenters. The Morgan fingerprint density at radius 1 is 1.35 bits per heavy atom. The van der Waals surface area contributed by atoms with Crippen molar-refractivity contribution < 1.29 is 9.90 Å². The van der Waals surface area contributed by atoms with Crippen molar-refractivity contribution in [3.05, 3.63) is 5.01 Å². The molecule has 0 aliphatic carbocycles. The first-order valence-corrected chi connectivity index (χ1v) is 7.46. The van der Waals surface area contributed by atoms with E-state index in [1.54, 1.807) is 25.8 Å². The van der Waals surface area contributed by atoms with E-state index in [-0.39, 0.29) is 5.91 Å². The van der Waals surface area contributed by atoms with Crippen LogP contribution in [0.5, 0.6) is 0 Å². The Morgan fingerprint density at radius 3 is 2.50 bits per heavy atom. The molecule has 112 valence electrons. The van der Waals surface area contributed by atoms with Crippen LogP contribution in [0.4, 0.5) is 5.13 Å². The fourth-order valence-electron chi connectivity index (χ4n) is 2.20. The van der Waals surface area contributed by atoms with Crippen molar-refractivity contribution in [2.75, 3.05) is 45.1 Å². The molecule has 1 aliphatic heterocycles. The number of aliphatic hydroxyl groups is 1. The zero-order chi connectivity index (χ0) is 14.8. The third-order valence-corrected chi connectivity index (χ3v) is 4.02. The maximum atomic E-state index is 12.3. The highest BCUT2D eigenvalue weighted by atomic mass is 32.1. The minimum absolute atomic E-state index is 0.0630. The third kappa shape index (κ3) is 3.87. The molecule has 0 radical (unpaired) electrons. The number of amides is 1. The number of aromatic nitrogens is 2. The number of nitrogens with zero attached hydrogens (tertiary/aromatic N) is 4. The standard InChI is InChI=1S/C12H21N5O2S/c1-12(2,19)8-16-4-6-17(7-5-16)10(18)9-14-15-11(13-3)20-9/h19H,4-8H2,1-3H3,(H,13,15). The maximum Gasteiger partial charge on any atom is 0.284 e. The van der Waals surface area contributed by atoms with E-state index >= 15 is 0 Å². The van der Waals surface area contributed by atoms with Crippen LogP contribution in [0.1, 0.15) is 23.6 Å². The van der Waals surface area contributed by atoms with Crippen LogP contribution in [0.2, 0.25) is 0 Å². The van der Waals surface area contributed by atoms with Crippen molar-refractivity contribution in [3.8, 4) is 0 Å². The van der Waals surface area contributed by atoms with Crippen LogP contribution in [0.25, 0.3) is 0 Å². The van der Waals surface area contributed by atoms with Gasteiger partial charge in [-0.2, -0.15) is 0 Å². The van der Waals surface area contributed by atoms with Crippen LogP contribution in [0, 0.1) is 0 Å². The predicted octanol–water partition coefficient (Wildman–Crippen LogP) is 0.109. The molecular formula is C12H21N5O2S. The lowest BCUT2D eigenvalue weighted by atomic mass is 10.1. The monoisotopic (exact) mass is 299 g/mol. The third-order valence-electron chi connectivity index (χ3n) is 3.09. The Morgan fingerprint density at radius 2 is 2.00 bits per heavy atom. The zero-order valence-electron chi connectivity index (χ0n) is 12.1. The smallest absolute Gasteiger partial charge is 0.284 e. The van der Waals surface area contributed by atoms with E-state index in [1.807, 2.05) is 0 Å². The first-order valence-electron chi connectivity index (χ1n) is 6.64. The lowest BCUT2D eigenvalue weighted by Crippen LogP contribution is -2.52. The van der Waals surface area contributed by atoms with E-state index < -0.39 is 5.60 Å². The number of nitrogens with one attached hydrogen (secondary N) is 1. The van der Waals surface area contributed by atoms with Crippen molar-refractivity contribution in [2.24, 2.45) is 0 Å². The molecule has 0 saturated carbocycles. The van der Waals surface area contributed by atoms with Gasteiger partial charge >= 0.3 is 0 Å². The minimum Gasteiger partial charge on any atom is -0.389 e. The highest BCUT2D eigenvalue weighted by molar-refractivity contribution is 7.17. The van der Waals surface area contributed by atoms with Crippen LogP contribution < -0.4 is 5.32 Å². The molecule has 0 spiro atoms. The highest BCUT2D eigenvalue weighted by Gasteiger charge is 2.27. The number of piperazine rings is 1. The second kappa shape index (κ2) is 6.02. The van der Waals surface area contributed by atoms with Gasteiger partial charge in [0.05, 0.1) is 5.60 Å². The van der Waals surface area contributed by atoms with Crippen LogP contribution in [-0.4, -0.2) is 76.4 Å². The van der Waals surface area contributed by atoms with Gasteiger partial charge in [-0.1, -0.05) is 11.3 Å². The quantitative estimate of drug-likeness (QED) is 0.821. The molecule has 0 aromatic carbocycles. The van der Waals surface area contributed by atoms with Crippen molar-refractivity contribution in [1.29, 1.82) is 0 Å². The van der Waals surface area contributed by atoms with E-state index in [0.29, 0.717) is 29.8 Å². The van der Waals surface area contributed by atoms with Crippen LogP contribution in [0.15, 0.2) is 0 Å². The molecule has 0 bridgehead atoms. The summed E-state index contributed by atoms with van der Waals surface area (Å²) in [5, 5.41) is 21.5. The van der Waals surface area contributed by atoms with Gasteiger partial charge in [0.2, 0.25) is 10.1 Å². The summed E-state index contributed by atoms with van der Waals surface area (Å²) in [4.78, 5) is 16.2. The van der Waals surface area contributed by atoms with Gasteiger partial charge in [-0.3, -0.25) is 9.69 Å².